The van der Waals surface area contributed by atoms with Gasteiger partial charge in [-0.25, -0.2) is 0 Å². The molecule has 3 aromatic carbocycles. The van der Waals surface area contributed by atoms with Crippen molar-refractivity contribution in [2.24, 2.45) is 0 Å². The zero-order chi connectivity index (χ0) is 22.7. The predicted octanol–water partition coefficient (Wildman–Crippen LogP) is 5.67. The molecule has 1 atom stereocenters. The van der Waals surface area contributed by atoms with Crippen LogP contribution in [0.25, 0.3) is 0 Å². The maximum Gasteiger partial charge on any atom is 0.0406 e. The van der Waals surface area contributed by atoms with E-state index in [-0.39, 0.29) is 5.41 Å². The molecule has 3 nitrogen and oxygen atoms in total. The van der Waals surface area contributed by atoms with Crippen molar-refractivity contribution in [3.63, 3.8) is 0 Å². The Morgan fingerprint density at radius 3 is 2.27 bits per heavy atom. The van der Waals surface area contributed by atoms with Gasteiger partial charge < -0.3 is 9.80 Å². The highest BCUT2D eigenvalue weighted by Gasteiger charge is 2.39. The summed E-state index contributed by atoms with van der Waals surface area (Å²) in [5.74, 6) is 0. The van der Waals surface area contributed by atoms with Crippen molar-refractivity contribution in [1.82, 2.24) is 9.80 Å². The normalized spacial score (nSPS) is 21.7. The minimum atomic E-state index is 0.0139. The van der Waals surface area contributed by atoms with Crippen LogP contribution >= 0.6 is 11.6 Å². The highest BCUT2D eigenvalue weighted by molar-refractivity contribution is 6.30. The molecule has 172 valence electrons. The summed E-state index contributed by atoms with van der Waals surface area (Å²) < 4.78 is 0. The quantitative estimate of drug-likeness (QED) is 0.470. The topological polar surface area (TPSA) is 9.72 Å². The van der Waals surface area contributed by atoms with Crippen LogP contribution in [0.4, 0.5) is 5.69 Å². The van der Waals surface area contributed by atoms with E-state index >= 15 is 0 Å². The lowest BCUT2D eigenvalue weighted by molar-refractivity contribution is 0.207. The Balaban J connectivity index is 1.30. The molecule has 1 fully saturated rings. The van der Waals surface area contributed by atoms with Crippen molar-refractivity contribution >= 4 is 17.3 Å². The Morgan fingerprint density at radius 1 is 0.818 bits per heavy atom. The maximum absolute atomic E-state index is 6.27. The zero-order valence-corrected chi connectivity index (χ0v) is 20.3. The molecule has 0 bridgehead atoms. The second-order valence-corrected chi connectivity index (χ2v) is 10.1. The van der Waals surface area contributed by atoms with E-state index in [0.29, 0.717) is 0 Å². The first-order valence-corrected chi connectivity index (χ1v) is 12.6. The largest absolute Gasteiger partial charge is 0.369 e. The number of hydrogen-bond acceptors (Lipinski definition) is 3. The molecule has 2 heterocycles. The van der Waals surface area contributed by atoms with Gasteiger partial charge in [-0.2, -0.15) is 0 Å². The van der Waals surface area contributed by atoms with Crippen LogP contribution in [0.15, 0.2) is 78.9 Å². The van der Waals surface area contributed by atoms with Gasteiger partial charge in [0.2, 0.25) is 0 Å². The van der Waals surface area contributed by atoms with Crippen molar-refractivity contribution in [3.05, 3.63) is 101 Å². The minimum Gasteiger partial charge on any atom is -0.369 e. The Kier molecular flexibility index (Phi) is 6.73. The van der Waals surface area contributed by atoms with Gasteiger partial charge in [-0.3, -0.25) is 4.90 Å². The molecule has 0 amide bonds. The SMILES string of the molecule is CN1Cc2ccccc2C(CCCN2CCN(c3ccccc3)CC2)(c2ccc(Cl)cc2)C1. The van der Waals surface area contributed by atoms with E-state index in [0.717, 1.165) is 57.3 Å². The minimum absolute atomic E-state index is 0.0139. The molecule has 0 aliphatic carbocycles. The lowest BCUT2D eigenvalue weighted by Gasteiger charge is -2.44. The van der Waals surface area contributed by atoms with Crippen molar-refractivity contribution in [2.75, 3.05) is 51.2 Å². The van der Waals surface area contributed by atoms with Gasteiger partial charge >= 0.3 is 0 Å². The van der Waals surface area contributed by atoms with Crippen LogP contribution in [0.1, 0.15) is 29.5 Å². The fourth-order valence-electron chi connectivity index (χ4n) is 5.86. The van der Waals surface area contributed by atoms with E-state index < -0.39 is 0 Å². The number of anilines is 1. The summed E-state index contributed by atoms with van der Waals surface area (Å²) in [7, 11) is 2.25. The average Bonchev–Trinajstić information content (AvgIpc) is 2.85. The van der Waals surface area contributed by atoms with Gasteiger partial charge in [0.25, 0.3) is 0 Å². The molecule has 1 saturated heterocycles. The Bertz CT molecular complexity index is 1040. The van der Waals surface area contributed by atoms with Gasteiger partial charge in [-0.05, 0) is 67.4 Å². The van der Waals surface area contributed by atoms with E-state index in [9.17, 15) is 0 Å². The Hall–Kier alpha value is -2.33. The van der Waals surface area contributed by atoms with Crippen molar-refractivity contribution in [3.8, 4) is 0 Å². The van der Waals surface area contributed by atoms with Crippen LogP contribution in [-0.4, -0.2) is 56.1 Å². The average molecular weight is 460 g/mol. The first-order chi connectivity index (χ1) is 16.1. The monoisotopic (exact) mass is 459 g/mol. The third-order valence-corrected chi connectivity index (χ3v) is 7.73. The van der Waals surface area contributed by atoms with Gasteiger partial charge in [-0.1, -0.05) is 66.2 Å². The summed E-state index contributed by atoms with van der Waals surface area (Å²) >= 11 is 6.27. The molecular formula is C29H34ClN3. The lowest BCUT2D eigenvalue weighted by atomic mass is 9.67. The summed E-state index contributed by atoms with van der Waals surface area (Å²) in [5, 5.41) is 0.808. The summed E-state index contributed by atoms with van der Waals surface area (Å²) in [6.45, 7) is 7.72. The van der Waals surface area contributed by atoms with Gasteiger partial charge in [0.15, 0.2) is 0 Å². The molecule has 1 unspecified atom stereocenters. The predicted molar refractivity (Wildman–Crippen MR) is 139 cm³/mol. The molecule has 2 aliphatic rings. The smallest absolute Gasteiger partial charge is 0.0406 e. The van der Waals surface area contributed by atoms with Gasteiger partial charge in [-0.15, -0.1) is 0 Å². The molecule has 4 heteroatoms. The Morgan fingerprint density at radius 2 is 1.52 bits per heavy atom. The van der Waals surface area contributed by atoms with Gasteiger partial charge in [0, 0.05) is 55.4 Å². The molecule has 0 radical (unpaired) electrons. The second-order valence-electron chi connectivity index (χ2n) is 9.69. The van der Waals surface area contributed by atoms with Crippen LogP contribution < -0.4 is 4.90 Å². The number of nitrogens with zero attached hydrogens (tertiary/aromatic N) is 3. The summed E-state index contributed by atoms with van der Waals surface area (Å²) in [5.41, 5.74) is 5.71. The van der Waals surface area contributed by atoms with Crippen molar-refractivity contribution in [2.45, 2.75) is 24.8 Å². The van der Waals surface area contributed by atoms with Crippen LogP contribution in [0.3, 0.4) is 0 Å². The molecular weight excluding hydrogens is 426 g/mol. The maximum atomic E-state index is 6.27. The van der Waals surface area contributed by atoms with E-state index in [1.165, 1.54) is 28.8 Å². The number of rotatable bonds is 6. The number of hydrogen-bond donors (Lipinski definition) is 0. The summed E-state index contributed by atoms with van der Waals surface area (Å²) in [6.07, 6.45) is 2.34. The lowest BCUT2D eigenvalue weighted by Crippen LogP contribution is -2.48. The number of halogens is 1. The first kappa shape index (κ1) is 22.5. The van der Waals surface area contributed by atoms with Crippen molar-refractivity contribution in [1.29, 1.82) is 0 Å². The molecule has 0 N–H and O–H groups in total. The first-order valence-electron chi connectivity index (χ1n) is 12.2. The van der Waals surface area contributed by atoms with Crippen LogP contribution in [-0.2, 0) is 12.0 Å². The molecule has 33 heavy (non-hydrogen) atoms. The highest BCUT2D eigenvalue weighted by atomic mass is 35.5. The molecule has 2 aliphatic heterocycles. The third kappa shape index (κ3) is 4.82. The fourth-order valence-corrected chi connectivity index (χ4v) is 5.99. The summed E-state index contributed by atoms with van der Waals surface area (Å²) in [4.78, 5) is 7.64. The number of benzene rings is 3. The number of para-hydroxylation sites is 1. The molecule has 5 rings (SSSR count). The molecule has 0 aromatic heterocycles. The molecule has 0 saturated carbocycles. The fraction of sp³-hybridized carbons (Fsp3) is 0.379. The standard InChI is InChI=1S/C29H34ClN3/c1-31-22-24-8-5-6-11-28(24)29(23-31,25-12-14-26(30)15-13-25)16-7-17-32-18-20-33(21-19-32)27-9-3-2-4-10-27/h2-6,8-15H,7,16-23H2,1H3. The Labute approximate surface area is 203 Å². The van der Waals surface area contributed by atoms with Gasteiger partial charge in [0.05, 0.1) is 0 Å². The van der Waals surface area contributed by atoms with E-state index in [4.69, 9.17) is 11.6 Å². The summed E-state index contributed by atoms with van der Waals surface area (Å²) in [6, 6.07) is 28.5. The molecule has 0 spiro atoms. The van der Waals surface area contributed by atoms with Crippen LogP contribution in [0, 0.1) is 0 Å². The van der Waals surface area contributed by atoms with Crippen LogP contribution in [0.5, 0.6) is 0 Å². The zero-order valence-electron chi connectivity index (χ0n) is 19.6. The number of fused-ring (bicyclic) bond motifs is 1. The number of likely N-dealkylation sites (N-methyl/N-ethyl adjacent to an activating group) is 1. The van der Waals surface area contributed by atoms with E-state index in [1.807, 2.05) is 0 Å². The van der Waals surface area contributed by atoms with E-state index in [1.54, 1.807) is 0 Å². The van der Waals surface area contributed by atoms with Gasteiger partial charge in [0.1, 0.15) is 0 Å². The third-order valence-electron chi connectivity index (χ3n) is 7.48. The second kappa shape index (κ2) is 9.89. The van der Waals surface area contributed by atoms with Crippen molar-refractivity contribution < 1.29 is 0 Å². The highest BCUT2D eigenvalue weighted by Crippen LogP contribution is 2.43. The molecule has 3 aromatic rings. The number of piperazine rings is 1. The van der Waals surface area contributed by atoms with E-state index in [2.05, 4.69) is 101 Å². The van der Waals surface area contributed by atoms with Crippen LogP contribution in [0.2, 0.25) is 5.02 Å².